The molecule has 3 aromatic rings. The van der Waals surface area contributed by atoms with Gasteiger partial charge in [0, 0.05) is 35.2 Å². The number of amides is 2. The SMILES string of the molecule is CC(=O)Nc1cccc(Nc2ccc(NC(=O)c3ccccc3C)cc2)c1. The third-order valence-corrected chi connectivity index (χ3v) is 4.00. The van der Waals surface area contributed by atoms with Crippen molar-refractivity contribution in [1.29, 1.82) is 0 Å². The molecule has 0 atom stereocenters. The van der Waals surface area contributed by atoms with E-state index in [1.807, 2.05) is 79.7 Å². The average Bonchev–Trinajstić information content (AvgIpc) is 2.63. The first-order valence-corrected chi connectivity index (χ1v) is 8.63. The van der Waals surface area contributed by atoms with Crippen LogP contribution in [-0.2, 0) is 4.79 Å². The summed E-state index contributed by atoms with van der Waals surface area (Å²) in [6.45, 7) is 3.39. The molecule has 0 bridgehead atoms. The standard InChI is InChI=1S/C22H21N3O2/c1-15-6-3-4-9-21(15)22(27)25-18-12-10-17(11-13-18)24-20-8-5-7-19(14-20)23-16(2)26/h3-14,24H,1-2H3,(H,23,26)(H,25,27). The maximum atomic E-state index is 12.4. The van der Waals surface area contributed by atoms with Gasteiger partial charge in [-0.2, -0.15) is 0 Å². The highest BCUT2D eigenvalue weighted by Crippen LogP contribution is 2.22. The summed E-state index contributed by atoms with van der Waals surface area (Å²) in [5, 5.41) is 8.94. The molecular formula is C22H21N3O2. The Morgan fingerprint density at radius 3 is 2.07 bits per heavy atom. The Labute approximate surface area is 158 Å². The van der Waals surface area contributed by atoms with Gasteiger partial charge in [-0.15, -0.1) is 0 Å². The lowest BCUT2D eigenvalue weighted by molar-refractivity contribution is -0.114. The number of carbonyl (C=O) groups excluding carboxylic acids is 2. The van der Waals surface area contributed by atoms with Gasteiger partial charge in [-0.05, 0) is 61.0 Å². The minimum absolute atomic E-state index is 0.110. The quantitative estimate of drug-likeness (QED) is 0.604. The van der Waals surface area contributed by atoms with Crippen LogP contribution in [0.2, 0.25) is 0 Å². The van der Waals surface area contributed by atoms with Crippen molar-refractivity contribution in [1.82, 2.24) is 0 Å². The van der Waals surface area contributed by atoms with E-state index in [2.05, 4.69) is 16.0 Å². The van der Waals surface area contributed by atoms with Gasteiger partial charge in [0.1, 0.15) is 0 Å². The van der Waals surface area contributed by atoms with Crippen LogP contribution in [0.1, 0.15) is 22.8 Å². The summed E-state index contributed by atoms with van der Waals surface area (Å²) in [5.74, 6) is -0.238. The van der Waals surface area contributed by atoms with Crippen molar-refractivity contribution < 1.29 is 9.59 Å². The van der Waals surface area contributed by atoms with Crippen LogP contribution in [-0.4, -0.2) is 11.8 Å². The van der Waals surface area contributed by atoms with Crippen LogP contribution in [0.4, 0.5) is 22.7 Å². The number of carbonyl (C=O) groups is 2. The molecule has 0 heterocycles. The fourth-order valence-electron chi connectivity index (χ4n) is 2.71. The molecule has 0 aliphatic rings. The van der Waals surface area contributed by atoms with Gasteiger partial charge in [-0.1, -0.05) is 24.3 Å². The van der Waals surface area contributed by atoms with Crippen LogP contribution < -0.4 is 16.0 Å². The second-order valence-electron chi connectivity index (χ2n) is 6.23. The van der Waals surface area contributed by atoms with Crippen molar-refractivity contribution in [2.75, 3.05) is 16.0 Å². The molecule has 0 spiro atoms. The molecule has 27 heavy (non-hydrogen) atoms. The van der Waals surface area contributed by atoms with Crippen molar-refractivity contribution in [3.05, 3.63) is 83.9 Å². The van der Waals surface area contributed by atoms with E-state index in [4.69, 9.17) is 0 Å². The molecule has 5 heteroatoms. The Bertz CT molecular complexity index is 965. The summed E-state index contributed by atoms with van der Waals surface area (Å²) in [4.78, 5) is 23.5. The Balaban J connectivity index is 1.66. The fraction of sp³-hybridized carbons (Fsp3) is 0.0909. The molecule has 0 saturated carbocycles. The smallest absolute Gasteiger partial charge is 0.255 e. The molecule has 136 valence electrons. The Hall–Kier alpha value is -3.60. The van der Waals surface area contributed by atoms with Gasteiger partial charge < -0.3 is 16.0 Å². The van der Waals surface area contributed by atoms with Crippen LogP contribution in [0.15, 0.2) is 72.8 Å². The Morgan fingerprint density at radius 2 is 1.37 bits per heavy atom. The molecule has 0 saturated heterocycles. The first-order chi connectivity index (χ1) is 13.0. The predicted molar refractivity (Wildman–Crippen MR) is 110 cm³/mol. The third kappa shape index (κ3) is 4.95. The van der Waals surface area contributed by atoms with Crippen molar-refractivity contribution in [2.45, 2.75) is 13.8 Å². The Kier molecular flexibility index (Phi) is 5.52. The molecule has 3 rings (SSSR count). The zero-order valence-corrected chi connectivity index (χ0v) is 15.2. The fourth-order valence-corrected chi connectivity index (χ4v) is 2.71. The highest BCUT2D eigenvalue weighted by Gasteiger charge is 2.08. The van der Waals surface area contributed by atoms with Gasteiger partial charge in [0.05, 0.1) is 0 Å². The molecule has 0 aromatic heterocycles. The van der Waals surface area contributed by atoms with Gasteiger partial charge in [-0.25, -0.2) is 0 Å². The summed E-state index contributed by atoms with van der Waals surface area (Å²) < 4.78 is 0. The van der Waals surface area contributed by atoms with Crippen LogP contribution in [0, 0.1) is 6.92 Å². The maximum Gasteiger partial charge on any atom is 0.255 e. The lowest BCUT2D eigenvalue weighted by Crippen LogP contribution is -2.13. The van der Waals surface area contributed by atoms with Crippen LogP contribution in [0.3, 0.4) is 0 Å². The topological polar surface area (TPSA) is 70.2 Å². The molecule has 2 amide bonds. The molecule has 0 aliphatic carbocycles. The molecule has 3 aromatic carbocycles. The average molecular weight is 359 g/mol. The lowest BCUT2D eigenvalue weighted by atomic mass is 10.1. The second kappa shape index (κ2) is 8.19. The van der Waals surface area contributed by atoms with E-state index < -0.39 is 0 Å². The molecule has 5 nitrogen and oxygen atoms in total. The monoisotopic (exact) mass is 359 g/mol. The minimum Gasteiger partial charge on any atom is -0.355 e. The third-order valence-electron chi connectivity index (χ3n) is 4.00. The molecule has 0 aliphatic heterocycles. The van der Waals surface area contributed by atoms with Crippen molar-refractivity contribution in [2.24, 2.45) is 0 Å². The van der Waals surface area contributed by atoms with Crippen molar-refractivity contribution in [3.63, 3.8) is 0 Å². The van der Waals surface area contributed by atoms with Gasteiger partial charge in [-0.3, -0.25) is 9.59 Å². The number of benzene rings is 3. The molecule has 0 unspecified atom stereocenters. The van der Waals surface area contributed by atoms with E-state index in [9.17, 15) is 9.59 Å². The summed E-state index contributed by atoms with van der Waals surface area (Å²) in [7, 11) is 0. The first kappa shape index (κ1) is 18.2. The van der Waals surface area contributed by atoms with Crippen molar-refractivity contribution >= 4 is 34.6 Å². The molecule has 0 fully saturated rings. The predicted octanol–water partition coefficient (Wildman–Crippen LogP) is 4.95. The summed E-state index contributed by atoms with van der Waals surface area (Å²) >= 11 is 0. The lowest BCUT2D eigenvalue weighted by Gasteiger charge is -2.11. The van der Waals surface area contributed by atoms with E-state index in [1.165, 1.54) is 6.92 Å². The maximum absolute atomic E-state index is 12.4. The number of anilines is 4. The van der Waals surface area contributed by atoms with E-state index in [0.717, 1.165) is 28.3 Å². The number of aryl methyl sites for hydroxylation is 1. The molecular weight excluding hydrogens is 338 g/mol. The second-order valence-corrected chi connectivity index (χ2v) is 6.23. The Morgan fingerprint density at radius 1 is 0.704 bits per heavy atom. The summed E-state index contributed by atoms with van der Waals surface area (Å²) in [6, 6.07) is 22.4. The van der Waals surface area contributed by atoms with Gasteiger partial charge in [0.15, 0.2) is 0 Å². The summed E-state index contributed by atoms with van der Waals surface area (Å²) in [6.07, 6.45) is 0. The van der Waals surface area contributed by atoms with Crippen LogP contribution in [0.25, 0.3) is 0 Å². The molecule has 0 radical (unpaired) electrons. The number of hydrogen-bond acceptors (Lipinski definition) is 3. The minimum atomic E-state index is -0.128. The van der Waals surface area contributed by atoms with E-state index in [-0.39, 0.29) is 11.8 Å². The van der Waals surface area contributed by atoms with Crippen LogP contribution >= 0.6 is 0 Å². The number of nitrogens with one attached hydrogen (secondary N) is 3. The van der Waals surface area contributed by atoms with Crippen LogP contribution in [0.5, 0.6) is 0 Å². The van der Waals surface area contributed by atoms with Crippen molar-refractivity contribution in [3.8, 4) is 0 Å². The summed E-state index contributed by atoms with van der Waals surface area (Å²) in [5.41, 5.74) is 4.79. The van der Waals surface area contributed by atoms with Gasteiger partial charge >= 0.3 is 0 Å². The zero-order chi connectivity index (χ0) is 19.2. The number of rotatable bonds is 5. The van der Waals surface area contributed by atoms with Gasteiger partial charge in [0.25, 0.3) is 5.91 Å². The zero-order valence-electron chi connectivity index (χ0n) is 15.2. The van der Waals surface area contributed by atoms with E-state index in [1.54, 1.807) is 0 Å². The number of hydrogen-bond donors (Lipinski definition) is 3. The van der Waals surface area contributed by atoms with E-state index in [0.29, 0.717) is 5.56 Å². The highest BCUT2D eigenvalue weighted by molar-refractivity contribution is 6.05. The molecule has 3 N–H and O–H groups in total. The first-order valence-electron chi connectivity index (χ1n) is 8.63. The van der Waals surface area contributed by atoms with E-state index >= 15 is 0 Å². The van der Waals surface area contributed by atoms with Gasteiger partial charge in [0.2, 0.25) is 5.91 Å². The normalized spacial score (nSPS) is 10.1. The largest absolute Gasteiger partial charge is 0.355 e. The highest BCUT2D eigenvalue weighted by atomic mass is 16.2.